The molecule has 112 valence electrons. The zero-order chi connectivity index (χ0) is 14.8. The van der Waals surface area contributed by atoms with E-state index in [-0.39, 0.29) is 10.8 Å². The van der Waals surface area contributed by atoms with Crippen LogP contribution >= 0.6 is 22.9 Å². The highest BCUT2D eigenvalue weighted by molar-refractivity contribution is 7.15. The maximum absolute atomic E-state index is 13.5. The van der Waals surface area contributed by atoms with Crippen molar-refractivity contribution >= 4 is 28.1 Å². The predicted molar refractivity (Wildman–Crippen MR) is 84.1 cm³/mol. The molecule has 1 aromatic heterocycles. The molecule has 0 bridgehead atoms. The Morgan fingerprint density at radius 1 is 1.38 bits per heavy atom. The summed E-state index contributed by atoms with van der Waals surface area (Å²) in [5.74, 6) is -0.379. The second kappa shape index (κ2) is 6.30. The number of ether oxygens (including phenoxy) is 1. The van der Waals surface area contributed by atoms with E-state index < -0.39 is 0 Å². The predicted octanol–water partition coefficient (Wildman–Crippen LogP) is 3.67. The minimum atomic E-state index is -0.379. The summed E-state index contributed by atoms with van der Waals surface area (Å²) in [5.41, 5.74) is 1.89. The first-order valence-electron chi connectivity index (χ1n) is 6.86. The number of benzene rings is 1. The van der Waals surface area contributed by atoms with Gasteiger partial charge in [0.2, 0.25) is 0 Å². The molecule has 1 saturated heterocycles. The lowest BCUT2D eigenvalue weighted by atomic mass is 10.1. The van der Waals surface area contributed by atoms with Crippen LogP contribution in [0.3, 0.4) is 0 Å². The van der Waals surface area contributed by atoms with Crippen molar-refractivity contribution in [1.29, 1.82) is 0 Å². The molecular weight excluding hydrogens is 311 g/mol. The average molecular weight is 327 g/mol. The smallest absolute Gasteiger partial charge is 0.185 e. The summed E-state index contributed by atoms with van der Waals surface area (Å²) in [6.07, 6.45) is 0.626. The van der Waals surface area contributed by atoms with Crippen molar-refractivity contribution < 1.29 is 9.13 Å². The number of nitrogens with zero attached hydrogens (tertiary/aromatic N) is 2. The van der Waals surface area contributed by atoms with Crippen LogP contribution in [0.25, 0.3) is 0 Å². The normalized spacial score (nSPS) is 15.5. The number of rotatable bonds is 3. The van der Waals surface area contributed by atoms with Crippen molar-refractivity contribution in [3.05, 3.63) is 45.2 Å². The van der Waals surface area contributed by atoms with Gasteiger partial charge in [-0.3, -0.25) is 0 Å². The molecule has 0 radical (unpaired) electrons. The molecule has 0 N–H and O–H groups in total. The second-order valence-corrected chi connectivity index (χ2v) is 6.61. The lowest BCUT2D eigenvalue weighted by Crippen LogP contribution is -2.36. The van der Waals surface area contributed by atoms with Crippen LogP contribution in [0.5, 0.6) is 0 Å². The minimum absolute atomic E-state index is 0.155. The summed E-state index contributed by atoms with van der Waals surface area (Å²) in [7, 11) is 0. The quantitative estimate of drug-likeness (QED) is 0.860. The Bertz CT molecular complexity index is 641. The van der Waals surface area contributed by atoms with Gasteiger partial charge in [0.15, 0.2) is 5.13 Å². The van der Waals surface area contributed by atoms with Crippen LogP contribution in [0.1, 0.15) is 16.1 Å². The van der Waals surface area contributed by atoms with Gasteiger partial charge in [0.25, 0.3) is 0 Å². The summed E-state index contributed by atoms with van der Waals surface area (Å²) < 4.78 is 18.9. The fourth-order valence-corrected chi connectivity index (χ4v) is 3.40. The van der Waals surface area contributed by atoms with Crippen LogP contribution in [0, 0.1) is 12.7 Å². The number of anilines is 1. The average Bonchev–Trinajstić information content (AvgIpc) is 2.85. The Kier molecular flexibility index (Phi) is 4.42. The largest absolute Gasteiger partial charge is 0.378 e. The molecule has 1 aromatic carbocycles. The van der Waals surface area contributed by atoms with Crippen LogP contribution in [-0.4, -0.2) is 31.3 Å². The van der Waals surface area contributed by atoms with Gasteiger partial charge < -0.3 is 9.64 Å². The van der Waals surface area contributed by atoms with Gasteiger partial charge in [0.05, 0.1) is 23.9 Å². The van der Waals surface area contributed by atoms with E-state index in [1.54, 1.807) is 17.4 Å². The van der Waals surface area contributed by atoms with Gasteiger partial charge in [-0.05, 0) is 24.6 Å². The zero-order valence-corrected chi connectivity index (χ0v) is 13.3. The van der Waals surface area contributed by atoms with E-state index in [0.29, 0.717) is 6.42 Å². The first kappa shape index (κ1) is 14.8. The molecule has 0 aliphatic carbocycles. The van der Waals surface area contributed by atoms with Gasteiger partial charge in [0.1, 0.15) is 5.82 Å². The zero-order valence-electron chi connectivity index (χ0n) is 11.7. The molecule has 0 amide bonds. The van der Waals surface area contributed by atoms with Crippen molar-refractivity contribution in [2.45, 2.75) is 13.3 Å². The Labute approximate surface area is 132 Å². The summed E-state index contributed by atoms with van der Waals surface area (Å²) in [6, 6.07) is 4.92. The van der Waals surface area contributed by atoms with Gasteiger partial charge in [0, 0.05) is 24.4 Å². The van der Waals surface area contributed by atoms with Gasteiger partial charge in [-0.25, -0.2) is 9.37 Å². The summed E-state index contributed by atoms with van der Waals surface area (Å²) in [5, 5.41) is 1.18. The molecule has 1 fully saturated rings. The molecular formula is C15H16ClFN2OS. The van der Waals surface area contributed by atoms with Crippen molar-refractivity contribution in [3.8, 4) is 0 Å². The van der Waals surface area contributed by atoms with E-state index in [4.69, 9.17) is 21.3 Å². The molecule has 3 nitrogen and oxygen atoms in total. The van der Waals surface area contributed by atoms with Crippen LogP contribution in [0.15, 0.2) is 18.2 Å². The van der Waals surface area contributed by atoms with E-state index in [9.17, 15) is 4.39 Å². The Morgan fingerprint density at radius 2 is 2.14 bits per heavy atom. The molecule has 0 spiro atoms. The van der Waals surface area contributed by atoms with E-state index in [2.05, 4.69) is 11.8 Å². The number of hydrogen-bond donors (Lipinski definition) is 0. The molecule has 1 aliphatic rings. The first-order valence-corrected chi connectivity index (χ1v) is 8.06. The molecule has 2 aromatic rings. The van der Waals surface area contributed by atoms with Gasteiger partial charge in [-0.15, -0.1) is 11.3 Å². The third kappa shape index (κ3) is 3.36. The SMILES string of the molecule is Cc1sc(N2CCOCC2)nc1Cc1ccc(Cl)c(F)c1. The highest BCUT2D eigenvalue weighted by atomic mass is 35.5. The lowest BCUT2D eigenvalue weighted by Gasteiger charge is -2.26. The van der Waals surface area contributed by atoms with Gasteiger partial charge in [-0.1, -0.05) is 17.7 Å². The number of thiazole rings is 1. The molecule has 2 heterocycles. The van der Waals surface area contributed by atoms with Crippen LogP contribution in [-0.2, 0) is 11.2 Å². The molecule has 0 saturated carbocycles. The summed E-state index contributed by atoms with van der Waals surface area (Å²) >= 11 is 7.40. The van der Waals surface area contributed by atoms with Crippen molar-refractivity contribution in [2.75, 3.05) is 31.2 Å². The minimum Gasteiger partial charge on any atom is -0.378 e. The number of halogens is 2. The highest BCUT2D eigenvalue weighted by Crippen LogP contribution is 2.28. The van der Waals surface area contributed by atoms with Crippen molar-refractivity contribution in [3.63, 3.8) is 0 Å². The molecule has 0 atom stereocenters. The second-order valence-electron chi connectivity index (χ2n) is 5.02. The first-order chi connectivity index (χ1) is 10.1. The summed E-state index contributed by atoms with van der Waals surface area (Å²) in [4.78, 5) is 8.13. The standard InChI is InChI=1S/C15H16ClFN2OS/c1-10-14(9-11-2-3-12(16)13(17)8-11)18-15(21-10)19-4-6-20-7-5-19/h2-3,8H,4-7,9H2,1H3. The van der Waals surface area contributed by atoms with Crippen molar-refractivity contribution in [1.82, 2.24) is 4.98 Å². The van der Waals surface area contributed by atoms with E-state index in [1.165, 1.54) is 10.9 Å². The van der Waals surface area contributed by atoms with Crippen LogP contribution in [0.4, 0.5) is 9.52 Å². The van der Waals surface area contributed by atoms with Gasteiger partial charge in [-0.2, -0.15) is 0 Å². The third-order valence-corrected chi connectivity index (χ3v) is 4.90. The molecule has 1 aliphatic heterocycles. The Hall–Kier alpha value is -1.17. The number of morpholine rings is 1. The van der Waals surface area contributed by atoms with E-state index in [1.807, 2.05) is 6.07 Å². The maximum Gasteiger partial charge on any atom is 0.185 e. The number of hydrogen-bond acceptors (Lipinski definition) is 4. The molecule has 3 rings (SSSR count). The maximum atomic E-state index is 13.5. The Morgan fingerprint density at radius 3 is 2.86 bits per heavy atom. The molecule has 0 unspecified atom stereocenters. The Balaban J connectivity index is 1.79. The molecule has 6 heteroatoms. The summed E-state index contributed by atoms with van der Waals surface area (Å²) in [6.45, 7) is 5.31. The van der Waals surface area contributed by atoms with Crippen molar-refractivity contribution in [2.24, 2.45) is 0 Å². The van der Waals surface area contributed by atoms with E-state index >= 15 is 0 Å². The van der Waals surface area contributed by atoms with Gasteiger partial charge >= 0.3 is 0 Å². The van der Waals surface area contributed by atoms with E-state index in [0.717, 1.165) is 42.7 Å². The lowest BCUT2D eigenvalue weighted by molar-refractivity contribution is 0.122. The number of aromatic nitrogens is 1. The topological polar surface area (TPSA) is 25.4 Å². The molecule has 21 heavy (non-hydrogen) atoms. The fourth-order valence-electron chi connectivity index (χ4n) is 2.31. The monoisotopic (exact) mass is 326 g/mol. The highest BCUT2D eigenvalue weighted by Gasteiger charge is 2.17. The number of aryl methyl sites for hydroxylation is 1. The fraction of sp³-hybridized carbons (Fsp3) is 0.400. The third-order valence-electron chi connectivity index (χ3n) is 3.52. The van der Waals surface area contributed by atoms with Crippen LogP contribution < -0.4 is 4.90 Å². The van der Waals surface area contributed by atoms with Crippen LogP contribution in [0.2, 0.25) is 5.02 Å².